The maximum atomic E-state index is 12.3. The topological polar surface area (TPSA) is 41.6 Å². The van der Waals surface area contributed by atoms with Crippen molar-refractivity contribution in [3.63, 3.8) is 0 Å². The summed E-state index contributed by atoms with van der Waals surface area (Å²) < 4.78 is 5.10. The number of carbonyl (C=O) groups is 1. The van der Waals surface area contributed by atoms with Gasteiger partial charge in [0.15, 0.2) is 0 Å². The lowest BCUT2D eigenvalue weighted by atomic mass is 9.96. The molecule has 21 heavy (non-hydrogen) atoms. The van der Waals surface area contributed by atoms with Crippen LogP contribution in [0.1, 0.15) is 59.3 Å². The van der Waals surface area contributed by atoms with Crippen LogP contribution in [0.15, 0.2) is 0 Å². The van der Waals surface area contributed by atoms with Gasteiger partial charge < -0.3 is 10.1 Å². The molecule has 4 heteroatoms. The molecule has 0 aromatic heterocycles. The zero-order valence-electron chi connectivity index (χ0n) is 14.2. The van der Waals surface area contributed by atoms with Crippen LogP contribution in [-0.2, 0) is 9.53 Å². The zero-order valence-corrected chi connectivity index (χ0v) is 14.2. The highest BCUT2D eigenvalue weighted by Gasteiger charge is 2.48. The van der Waals surface area contributed by atoms with Gasteiger partial charge in [0.2, 0.25) is 0 Å². The second kappa shape index (κ2) is 7.10. The molecule has 2 aliphatic rings. The molecule has 0 radical (unpaired) electrons. The van der Waals surface area contributed by atoms with Gasteiger partial charge in [-0.15, -0.1) is 0 Å². The number of methoxy groups -OCH3 is 1. The molecular weight excluding hydrogens is 264 g/mol. The van der Waals surface area contributed by atoms with E-state index in [9.17, 15) is 4.79 Å². The molecule has 0 saturated heterocycles. The summed E-state index contributed by atoms with van der Waals surface area (Å²) in [5.41, 5.74) is -0.452. The van der Waals surface area contributed by atoms with E-state index < -0.39 is 5.54 Å². The average Bonchev–Trinajstić information content (AvgIpc) is 3.20. The van der Waals surface area contributed by atoms with E-state index in [1.807, 2.05) is 0 Å². The van der Waals surface area contributed by atoms with Crippen molar-refractivity contribution < 1.29 is 9.53 Å². The third kappa shape index (κ3) is 3.98. The third-order valence-electron chi connectivity index (χ3n) is 5.08. The summed E-state index contributed by atoms with van der Waals surface area (Å²) in [6, 6.07) is 1.06. The Morgan fingerprint density at radius 2 is 2.10 bits per heavy atom. The van der Waals surface area contributed by atoms with Crippen molar-refractivity contribution in [3.05, 3.63) is 0 Å². The Morgan fingerprint density at radius 1 is 1.38 bits per heavy atom. The lowest BCUT2D eigenvalue weighted by molar-refractivity contribution is -0.148. The minimum Gasteiger partial charge on any atom is -0.468 e. The Bertz CT molecular complexity index is 355. The fourth-order valence-electron chi connectivity index (χ4n) is 3.66. The molecule has 0 spiro atoms. The van der Waals surface area contributed by atoms with E-state index in [1.54, 1.807) is 0 Å². The first kappa shape index (κ1) is 16.8. The predicted octanol–water partition coefficient (Wildman–Crippen LogP) is 2.57. The quantitative estimate of drug-likeness (QED) is 0.699. The zero-order chi connectivity index (χ0) is 15.5. The van der Waals surface area contributed by atoms with Crippen molar-refractivity contribution in [2.75, 3.05) is 20.2 Å². The largest absolute Gasteiger partial charge is 0.468 e. The van der Waals surface area contributed by atoms with Crippen molar-refractivity contribution in [2.24, 2.45) is 5.92 Å². The monoisotopic (exact) mass is 296 g/mol. The maximum Gasteiger partial charge on any atom is 0.326 e. The average molecular weight is 296 g/mol. The molecule has 2 aliphatic carbocycles. The van der Waals surface area contributed by atoms with Gasteiger partial charge >= 0.3 is 5.97 Å². The number of nitrogens with one attached hydrogen (secondary N) is 1. The number of hydrogen-bond donors (Lipinski definition) is 1. The number of nitrogens with zero attached hydrogens (tertiary/aromatic N) is 1. The molecule has 0 amide bonds. The van der Waals surface area contributed by atoms with E-state index in [0.29, 0.717) is 12.1 Å². The molecule has 2 atom stereocenters. The van der Waals surface area contributed by atoms with Gasteiger partial charge in [-0.1, -0.05) is 6.92 Å². The van der Waals surface area contributed by atoms with E-state index in [0.717, 1.165) is 38.1 Å². The molecule has 0 bridgehead atoms. The number of carbonyl (C=O) groups excluding carboxylic acids is 1. The van der Waals surface area contributed by atoms with Gasteiger partial charge in [-0.3, -0.25) is 9.69 Å². The van der Waals surface area contributed by atoms with Gasteiger partial charge in [-0.25, -0.2) is 0 Å². The molecule has 0 aromatic carbocycles. The number of ether oxygens (including phenoxy) is 1. The molecule has 2 rings (SSSR count). The first-order valence-corrected chi connectivity index (χ1v) is 8.61. The van der Waals surface area contributed by atoms with Crippen LogP contribution in [0.3, 0.4) is 0 Å². The number of esters is 1. The molecule has 2 saturated carbocycles. The van der Waals surface area contributed by atoms with Gasteiger partial charge in [0, 0.05) is 18.6 Å². The summed E-state index contributed by atoms with van der Waals surface area (Å²) in [6.07, 6.45) is 6.69. The van der Waals surface area contributed by atoms with Crippen LogP contribution >= 0.6 is 0 Å². The minimum atomic E-state index is -0.452. The van der Waals surface area contributed by atoms with Gasteiger partial charge in [0.25, 0.3) is 0 Å². The second-order valence-corrected chi connectivity index (χ2v) is 7.13. The SMILES string of the molecule is CCCNC1(C(=O)OC)CCC(N(CC2CC2)C(C)C)C1. The second-order valence-electron chi connectivity index (χ2n) is 7.13. The van der Waals surface area contributed by atoms with Crippen LogP contribution < -0.4 is 5.32 Å². The van der Waals surface area contributed by atoms with Gasteiger partial charge in [0.1, 0.15) is 5.54 Å². The fourth-order valence-corrected chi connectivity index (χ4v) is 3.66. The van der Waals surface area contributed by atoms with Gasteiger partial charge in [0.05, 0.1) is 7.11 Å². The Hall–Kier alpha value is -0.610. The van der Waals surface area contributed by atoms with Crippen LogP contribution in [0.25, 0.3) is 0 Å². The van der Waals surface area contributed by atoms with Crippen molar-refractivity contribution >= 4 is 5.97 Å². The van der Waals surface area contributed by atoms with Gasteiger partial charge in [-0.2, -0.15) is 0 Å². The van der Waals surface area contributed by atoms with E-state index in [1.165, 1.54) is 26.5 Å². The Labute approximate surface area is 129 Å². The highest BCUT2D eigenvalue weighted by Crippen LogP contribution is 2.38. The molecular formula is C17H32N2O2. The van der Waals surface area contributed by atoms with Crippen molar-refractivity contribution in [1.29, 1.82) is 0 Å². The molecule has 122 valence electrons. The van der Waals surface area contributed by atoms with Crippen LogP contribution in [-0.4, -0.2) is 48.7 Å². The molecule has 0 heterocycles. The van der Waals surface area contributed by atoms with Crippen LogP contribution in [0.2, 0.25) is 0 Å². The molecule has 0 aliphatic heterocycles. The minimum absolute atomic E-state index is 0.0754. The van der Waals surface area contributed by atoms with E-state index in [4.69, 9.17) is 4.74 Å². The highest BCUT2D eigenvalue weighted by atomic mass is 16.5. The normalized spacial score (nSPS) is 29.3. The predicted molar refractivity (Wildman–Crippen MR) is 85.2 cm³/mol. The van der Waals surface area contributed by atoms with E-state index >= 15 is 0 Å². The van der Waals surface area contributed by atoms with Crippen LogP contribution in [0.5, 0.6) is 0 Å². The summed E-state index contributed by atoms with van der Waals surface area (Å²) in [7, 11) is 1.51. The number of rotatable bonds is 8. The first-order valence-electron chi connectivity index (χ1n) is 8.61. The lowest BCUT2D eigenvalue weighted by Gasteiger charge is -2.34. The highest BCUT2D eigenvalue weighted by molar-refractivity contribution is 5.81. The van der Waals surface area contributed by atoms with Gasteiger partial charge in [-0.05, 0) is 64.8 Å². The van der Waals surface area contributed by atoms with E-state index in [2.05, 4.69) is 31.0 Å². The Balaban J connectivity index is 2.04. The molecule has 1 N–H and O–H groups in total. The Kier molecular flexibility index (Phi) is 5.67. The van der Waals surface area contributed by atoms with Crippen LogP contribution in [0, 0.1) is 5.92 Å². The number of hydrogen-bond acceptors (Lipinski definition) is 4. The summed E-state index contributed by atoms with van der Waals surface area (Å²) in [4.78, 5) is 14.9. The summed E-state index contributed by atoms with van der Waals surface area (Å²) in [5, 5.41) is 3.49. The fraction of sp³-hybridized carbons (Fsp3) is 0.941. The van der Waals surface area contributed by atoms with Crippen LogP contribution in [0.4, 0.5) is 0 Å². The first-order chi connectivity index (χ1) is 10.0. The standard InChI is InChI=1S/C17H32N2O2/c1-5-10-18-17(16(20)21-4)9-8-15(11-17)19(13(2)3)12-14-6-7-14/h13-15,18H,5-12H2,1-4H3. The van der Waals surface area contributed by atoms with Crippen molar-refractivity contribution in [2.45, 2.75) is 76.9 Å². The maximum absolute atomic E-state index is 12.3. The molecule has 0 aromatic rings. The van der Waals surface area contributed by atoms with E-state index in [-0.39, 0.29) is 5.97 Å². The molecule has 2 unspecified atom stereocenters. The molecule has 4 nitrogen and oxygen atoms in total. The smallest absolute Gasteiger partial charge is 0.326 e. The summed E-state index contributed by atoms with van der Waals surface area (Å²) in [6.45, 7) is 8.78. The Morgan fingerprint density at radius 3 is 2.62 bits per heavy atom. The van der Waals surface area contributed by atoms with Crippen molar-refractivity contribution in [3.8, 4) is 0 Å². The summed E-state index contributed by atoms with van der Waals surface area (Å²) >= 11 is 0. The molecule has 2 fully saturated rings. The third-order valence-corrected chi connectivity index (χ3v) is 5.08. The lowest BCUT2D eigenvalue weighted by Crippen LogP contribution is -2.52. The summed E-state index contributed by atoms with van der Waals surface area (Å²) in [5.74, 6) is 0.817. The van der Waals surface area contributed by atoms with Crippen molar-refractivity contribution in [1.82, 2.24) is 10.2 Å².